The van der Waals surface area contributed by atoms with E-state index in [9.17, 15) is 5.11 Å². The van der Waals surface area contributed by atoms with E-state index in [1.165, 1.54) is 38.8 Å². The molecule has 0 aromatic heterocycles. The van der Waals surface area contributed by atoms with Gasteiger partial charge >= 0.3 is 0 Å². The fourth-order valence-electron chi connectivity index (χ4n) is 2.86. The minimum Gasteiger partial charge on any atom is -0.493 e. The molecule has 0 spiro atoms. The van der Waals surface area contributed by atoms with Crippen LogP contribution in [0.25, 0.3) is 0 Å². The van der Waals surface area contributed by atoms with Gasteiger partial charge in [0.05, 0.1) is 12.7 Å². The van der Waals surface area contributed by atoms with E-state index in [-0.39, 0.29) is 0 Å². The molecule has 1 N–H and O–H groups in total. The molecule has 1 aliphatic heterocycles. The van der Waals surface area contributed by atoms with E-state index in [1.807, 2.05) is 31.2 Å². The first kappa shape index (κ1) is 15.3. The highest BCUT2D eigenvalue weighted by molar-refractivity contribution is 5.35. The van der Waals surface area contributed by atoms with Gasteiger partial charge in [0.15, 0.2) is 0 Å². The molecule has 3 nitrogen and oxygen atoms in total. The van der Waals surface area contributed by atoms with Crippen molar-refractivity contribution in [1.29, 1.82) is 0 Å². The lowest BCUT2D eigenvalue weighted by molar-refractivity contribution is 0.139. The van der Waals surface area contributed by atoms with Crippen LogP contribution in [0, 0.1) is 0 Å². The lowest BCUT2D eigenvalue weighted by Gasteiger charge is -2.22. The summed E-state index contributed by atoms with van der Waals surface area (Å²) in [4.78, 5) is 2.49. The summed E-state index contributed by atoms with van der Waals surface area (Å²) in [6.07, 6.45) is 5.65. The summed E-state index contributed by atoms with van der Waals surface area (Å²) < 4.78 is 5.60. The average molecular weight is 277 g/mol. The normalized spacial score (nSPS) is 18.5. The van der Waals surface area contributed by atoms with Crippen LogP contribution >= 0.6 is 0 Å². The van der Waals surface area contributed by atoms with E-state index in [0.717, 1.165) is 24.3 Å². The number of likely N-dealkylation sites (tertiary alicyclic amines) is 1. The third-order valence-electron chi connectivity index (χ3n) is 4.00. The molecule has 2 rings (SSSR count). The zero-order chi connectivity index (χ0) is 14.2. The molecule has 1 aliphatic rings. The van der Waals surface area contributed by atoms with Crippen molar-refractivity contribution in [3.8, 4) is 5.75 Å². The number of benzene rings is 1. The molecule has 1 heterocycles. The highest BCUT2D eigenvalue weighted by Crippen LogP contribution is 2.27. The lowest BCUT2D eigenvalue weighted by Crippen LogP contribution is -2.27. The Labute approximate surface area is 122 Å². The van der Waals surface area contributed by atoms with Gasteiger partial charge in [-0.05, 0) is 45.3 Å². The maximum Gasteiger partial charge on any atom is 0.125 e. The van der Waals surface area contributed by atoms with Crippen molar-refractivity contribution in [3.63, 3.8) is 0 Å². The SMILES string of the molecule is CCOc1ccccc1C(O)CCN1CCCCCC1. The summed E-state index contributed by atoms with van der Waals surface area (Å²) in [6.45, 7) is 5.94. The van der Waals surface area contributed by atoms with Crippen molar-refractivity contribution in [3.05, 3.63) is 29.8 Å². The van der Waals surface area contributed by atoms with Crippen molar-refractivity contribution in [1.82, 2.24) is 4.90 Å². The summed E-state index contributed by atoms with van der Waals surface area (Å²) in [5.41, 5.74) is 0.921. The second kappa shape index (κ2) is 8.28. The maximum atomic E-state index is 10.4. The molecule has 1 atom stereocenters. The smallest absolute Gasteiger partial charge is 0.125 e. The van der Waals surface area contributed by atoms with E-state index in [2.05, 4.69) is 4.90 Å². The average Bonchev–Trinajstić information content (AvgIpc) is 2.74. The molecule has 0 aliphatic carbocycles. The topological polar surface area (TPSA) is 32.7 Å². The quantitative estimate of drug-likeness (QED) is 0.865. The fourth-order valence-corrected chi connectivity index (χ4v) is 2.86. The molecule has 0 bridgehead atoms. The molecule has 20 heavy (non-hydrogen) atoms. The van der Waals surface area contributed by atoms with E-state index < -0.39 is 6.10 Å². The van der Waals surface area contributed by atoms with E-state index in [0.29, 0.717) is 6.61 Å². The predicted octanol–water partition coefficient (Wildman–Crippen LogP) is 3.38. The van der Waals surface area contributed by atoms with Crippen molar-refractivity contribution in [2.24, 2.45) is 0 Å². The summed E-state index contributed by atoms with van der Waals surface area (Å²) in [5.74, 6) is 0.818. The van der Waals surface area contributed by atoms with Gasteiger partial charge in [-0.15, -0.1) is 0 Å². The number of aliphatic hydroxyl groups is 1. The van der Waals surface area contributed by atoms with E-state index in [1.54, 1.807) is 0 Å². The Bertz CT molecular complexity index is 386. The Hall–Kier alpha value is -1.06. The number of para-hydroxylation sites is 1. The van der Waals surface area contributed by atoms with Crippen LogP contribution in [0.1, 0.15) is 50.7 Å². The van der Waals surface area contributed by atoms with Crippen LogP contribution in [0.2, 0.25) is 0 Å². The zero-order valence-corrected chi connectivity index (χ0v) is 12.6. The number of ether oxygens (including phenoxy) is 1. The van der Waals surface area contributed by atoms with Crippen molar-refractivity contribution in [2.45, 2.75) is 45.1 Å². The zero-order valence-electron chi connectivity index (χ0n) is 12.6. The van der Waals surface area contributed by atoms with Gasteiger partial charge in [0.25, 0.3) is 0 Å². The second-order valence-corrected chi connectivity index (χ2v) is 5.53. The van der Waals surface area contributed by atoms with Gasteiger partial charge < -0.3 is 14.7 Å². The van der Waals surface area contributed by atoms with Crippen molar-refractivity contribution in [2.75, 3.05) is 26.2 Å². The highest BCUT2D eigenvalue weighted by atomic mass is 16.5. The summed E-state index contributed by atoms with van der Waals surface area (Å²) in [7, 11) is 0. The molecule has 1 unspecified atom stereocenters. The molecule has 3 heteroatoms. The van der Waals surface area contributed by atoms with Crippen LogP contribution < -0.4 is 4.74 Å². The van der Waals surface area contributed by atoms with Crippen LogP contribution in [0.5, 0.6) is 5.75 Å². The molecule has 0 saturated carbocycles. The van der Waals surface area contributed by atoms with E-state index in [4.69, 9.17) is 4.74 Å². The van der Waals surface area contributed by atoms with Gasteiger partial charge in [0, 0.05) is 12.1 Å². The van der Waals surface area contributed by atoms with Crippen LogP contribution in [-0.4, -0.2) is 36.2 Å². The number of hydrogen-bond donors (Lipinski definition) is 1. The maximum absolute atomic E-state index is 10.4. The number of nitrogens with zero attached hydrogens (tertiary/aromatic N) is 1. The Morgan fingerprint density at radius 3 is 2.55 bits per heavy atom. The van der Waals surface area contributed by atoms with Crippen LogP contribution in [0.4, 0.5) is 0 Å². The molecule has 0 radical (unpaired) electrons. The van der Waals surface area contributed by atoms with E-state index >= 15 is 0 Å². The molecule has 1 aromatic rings. The Kier molecular flexibility index (Phi) is 6.34. The summed E-state index contributed by atoms with van der Waals surface area (Å²) in [5, 5.41) is 10.4. The molecule has 1 fully saturated rings. The molecular weight excluding hydrogens is 250 g/mol. The minimum atomic E-state index is -0.430. The van der Waals surface area contributed by atoms with Crippen LogP contribution in [0.3, 0.4) is 0 Å². The largest absolute Gasteiger partial charge is 0.493 e. The highest BCUT2D eigenvalue weighted by Gasteiger charge is 2.15. The van der Waals surface area contributed by atoms with Gasteiger partial charge in [0.1, 0.15) is 5.75 Å². The van der Waals surface area contributed by atoms with Crippen LogP contribution in [-0.2, 0) is 0 Å². The molecule has 112 valence electrons. The molecular formula is C17H27NO2. The molecule has 1 aromatic carbocycles. The van der Waals surface area contributed by atoms with Gasteiger partial charge in [-0.2, -0.15) is 0 Å². The first-order valence-corrected chi connectivity index (χ1v) is 7.93. The van der Waals surface area contributed by atoms with Gasteiger partial charge in [0.2, 0.25) is 0 Å². The number of aliphatic hydroxyl groups excluding tert-OH is 1. The number of hydrogen-bond acceptors (Lipinski definition) is 3. The fraction of sp³-hybridized carbons (Fsp3) is 0.647. The predicted molar refractivity (Wildman–Crippen MR) is 82.1 cm³/mol. The van der Waals surface area contributed by atoms with Crippen molar-refractivity contribution >= 4 is 0 Å². The first-order chi connectivity index (χ1) is 9.81. The standard InChI is InChI=1S/C17H27NO2/c1-2-20-17-10-6-5-9-15(17)16(19)11-14-18-12-7-3-4-8-13-18/h5-6,9-10,16,19H,2-4,7-8,11-14H2,1H3. The third-order valence-corrected chi connectivity index (χ3v) is 4.00. The lowest BCUT2D eigenvalue weighted by atomic mass is 10.1. The Morgan fingerprint density at radius 1 is 1.15 bits per heavy atom. The molecule has 0 amide bonds. The Morgan fingerprint density at radius 2 is 1.85 bits per heavy atom. The number of rotatable bonds is 6. The molecule has 1 saturated heterocycles. The minimum absolute atomic E-state index is 0.430. The van der Waals surface area contributed by atoms with Crippen molar-refractivity contribution < 1.29 is 9.84 Å². The summed E-state index contributed by atoms with van der Waals surface area (Å²) >= 11 is 0. The summed E-state index contributed by atoms with van der Waals surface area (Å²) in [6, 6.07) is 7.83. The third kappa shape index (κ3) is 4.50. The Balaban J connectivity index is 1.89. The van der Waals surface area contributed by atoms with Crippen LogP contribution in [0.15, 0.2) is 24.3 Å². The van der Waals surface area contributed by atoms with Gasteiger partial charge in [-0.25, -0.2) is 0 Å². The van der Waals surface area contributed by atoms with Gasteiger partial charge in [-0.3, -0.25) is 0 Å². The second-order valence-electron chi connectivity index (χ2n) is 5.53. The first-order valence-electron chi connectivity index (χ1n) is 7.93. The monoisotopic (exact) mass is 277 g/mol. The van der Waals surface area contributed by atoms with Gasteiger partial charge in [-0.1, -0.05) is 31.0 Å².